The maximum Gasteiger partial charge on any atom is 0.376 e. The standard InChI is InChI=1S/C13H11ClN2O5/c14-8-1-2-9-10(7-8)21-13(11(12(9)17)16(18)19)15-3-5-20-6-4-15/h1-2,7H,3-6H2. The number of anilines is 1. The van der Waals surface area contributed by atoms with Crippen LogP contribution in [0.2, 0.25) is 5.02 Å². The van der Waals surface area contributed by atoms with Crippen molar-refractivity contribution in [3.63, 3.8) is 0 Å². The first-order valence-corrected chi connectivity index (χ1v) is 6.69. The summed E-state index contributed by atoms with van der Waals surface area (Å²) in [6.45, 7) is 1.70. The highest BCUT2D eigenvalue weighted by atomic mass is 35.5. The fourth-order valence-electron chi connectivity index (χ4n) is 2.29. The van der Waals surface area contributed by atoms with Gasteiger partial charge in [0.15, 0.2) is 0 Å². The molecule has 3 rings (SSSR count). The average Bonchev–Trinajstić information content (AvgIpc) is 2.47. The highest BCUT2D eigenvalue weighted by Crippen LogP contribution is 2.30. The number of hydrogen-bond donors (Lipinski definition) is 0. The summed E-state index contributed by atoms with van der Waals surface area (Å²) in [5.74, 6) is -0.0388. The summed E-state index contributed by atoms with van der Waals surface area (Å²) in [6, 6.07) is 4.41. The minimum Gasteiger partial charge on any atom is -0.434 e. The summed E-state index contributed by atoms with van der Waals surface area (Å²) in [6.07, 6.45) is 0. The summed E-state index contributed by atoms with van der Waals surface area (Å²) >= 11 is 5.88. The third kappa shape index (κ3) is 2.45. The van der Waals surface area contributed by atoms with Crippen molar-refractivity contribution >= 4 is 34.1 Å². The van der Waals surface area contributed by atoms with E-state index in [4.69, 9.17) is 20.8 Å². The van der Waals surface area contributed by atoms with Crippen LogP contribution in [0.15, 0.2) is 27.4 Å². The van der Waals surface area contributed by atoms with Gasteiger partial charge in [-0.15, -0.1) is 0 Å². The van der Waals surface area contributed by atoms with Crippen molar-refractivity contribution in [2.75, 3.05) is 31.2 Å². The van der Waals surface area contributed by atoms with E-state index in [1.807, 2.05) is 0 Å². The molecule has 0 unspecified atom stereocenters. The van der Waals surface area contributed by atoms with Gasteiger partial charge in [-0.1, -0.05) is 11.6 Å². The Balaban J connectivity index is 2.27. The quantitative estimate of drug-likeness (QED) is 0.624. The number of fused-ring (bicyclic) bond motifs is 1. The lowest BCUT2D eigenvalue weighted by molar-refractivity contribution is -0.386. The van der Waals surface area contributed by atoms with Crippen LogP contribution in [-0.4, -0.2) is 31.2 Å². The Labute approximate surface area is 123 Å². The van der Waals surface area contributed by atoms with E-state index in [2.05, 4.69) is 0 Å². The van der Waals surface area contributed by atoms with Gasteiger partial charge in [-0.05, 0) is 12.1 Å². The lowest BCUT2D eigenvalue weighted by atomic mass is 10.2. The van der Waals surface area contributed by atoms with Gasteiger partial charge in [-0.3, -0.25) is 14.9 Å². The fraction of sp³-hybridized carbons (Fsp3) is 0.308. The molecule has 21 heavy (non-hydrogen) atoms. The molecule has 1 saturated heterocycles. The van der Waals surface area contributed by atoms with Gasteiger partial charge >= 0.3 is 5.69 Å². The van der Waals surface area contributed by atoms with Crippen molar-refractivity contribution in [3.05, 3.63) is 43.6 Å². The van der Waals surface area contributed by atoms with Gasteiger partial charge < -0.3 is 14.1 Å². The number of halogens is 1. The molecule has 7 nitrogen and oxygen atoms in total. The molecule has 2 aromatic rings. The molecule has 8 heteroatoms. The summed E-state index contributed by atoms with van der Waals surface area (Å²) in [5, 5.41) is 11.8. The Morgan fingerprint density at radius 3 is 2.67 bits per heavy atom. The molecule has 0 atom stereocenters. The molecule has 0 spiro atoms. The SMILES string of the molecule is O=c1c([N+](=O)[O-])c(N2CCOCC2)oc2cc(Cl)ccc12. The first-order chi connectivity index (χ1) is 10.1. The van der Waals surface area contributed by atoms with E-state index in [1.54, 1.807) is 4.90 Å². The fourth-order valence-corrected chi connectivity index (χ4v) is 2.45. The molecule has 0 radical (unpaired) electrons. The molecule has 0 aliphatic carbocycles. The van der Waals surface area contributed by atoms with Gasteiger partial charge in [0.25, 0.3) is 11.3 Å². The molecule has 0 saturated carbocycles. The minimum absolute atomic E-state index is 0.0388. The normalized spacial score (nSPS) is 15.4. The van der Waals surface area contributed by atoms with Gasteiger partial charge in [0.05, 0.1) is 23.5 Å². The molecule has 110 valence electrons. The molecule has 0 amide bonds. The van der Waals surface area contributed by atoms with E-state index in [1.165, 1.54) is 18.2 Å². The lowest BCUT2D eigenvalue weighted by Crippen LogP contribution is -2.37. The highest BCUT2D eigenvalue weighted by Gasteiger charge is 2.29. The predicted molar refractivity (Wildman–Crippen MR) is 77.2 cm³/mol. The van der Waals surface area contributed by atoms with E-state index in [-0.39, 0.29) is 16.9 Å². The van der Waals surface area contributed by atoms with E-state index >= 15 is 0 Å². The Bertz CT molecular complexity index is 767. The van der Waals surface area contributed by atoms with Crippen LogP contribution in [0.1, 0.15) is 0 Å². The largest absolute Gasteiger partial charge is 0.434 e. The average molecular weight is 311 g/mol. The van der Waals surface area contributed by atoms with Crippen molar-refractivity contribution in [2.45, 2.75) is 0 Å². The molecule has 0 N–H and O–H groups in total. The van der Waals surface area contributed by atoms with Crippen LogP contribution >= 0.6 is 11.6 Å². The summed E-state index contributed by atoms with van der Waals surface area (Å²) in [5.41, 5.74) is -0.981. The predicted octanol–water partition coefficient (Wildman–Crippen LogP) is 2.19. The van der Waals surface area contributed by atoms with Crippen molar-refractivity contribution < 1.29 is 14.1 Å². The second-order valence-corrected chi connectivity index (χ2v) is 5.02. The molecule has 1 aromatic carbocycles. The lowest BCUT2D eigenvalue weighted by Gasteiger charge is -2.26. The minimum atomic E-state index is -0.704. The number of rotatable bonds is 2. The van der Waals surface area contributed by atoms with Crippen LogP contribution in [0.3, 0.4) is 0 Å². The smallest absolute Gasteiger partial charge is 0.376 e. The number of ether oxygens (including phenoxy) is 1. The van der Waals surface area contributed by atoms with Crippen LogP contribution < -0.4 is 10.3 Å². The second-order valence-electron chi connectivity index (χ2n) is 4.58. The summed E-state index contributed by atoms with van der Waals surface area (Å²) in [7, 11) is 0. The number of benzene rings is 1. The monoisotopic (exact) mass is 310 g/mol. The van der Waals surface area contributed by atoms with Crippen LogP contribution in [0.4, 0.5) is 11.6 Å². The van der Waals surface area contributed by atoms with E-state index in [9.17, 15) is 14.9 Å². The van der Waals surface area contributed by atoms with Crippen LogP contribution in [-0.2, 0) is 4.74 Å². The molecule has 1 fully saturated rings. The number of morpholine rings is 1. The van der Waals surface area contributed by atoms with Gasteiger partial charge in [0, 0.05) is 24.2 Å². The van der Waals surface area contributed by atoms with Crippen molar-refractivity contribution in [1.82, 2.24) is 0 Å². The molecular formula is C13H11ClN2O5. The third-order valence-electron chi connectivity index (χ3n) is 3.29. The summed E-state index contributed by atoms with van der Waals surface area (Å²) < 4.78 is 10.8. The van der Waals surface area contributed by atoms with Gasteiger partial charge in [-0.2, -0.15) is 0 Å². The van der Waals surface area contributed by atoms with Crippen LogP contribution in [0, 0.1) is 10.1 Å². The zero-order chi connectivity index (χ0) is 15.0. The van der Waals surface area contributed by atoms with Gasteiger partial charge in [-0.25, -0.2) is 0 Å². The zero-order valence-corrected chi connectivity index (χ0v) is 11.6. The van der Waals surface area contributed by atoms with Crippen LogP contribution in [0.25, 0.3) is 11.0 Å². The summed E-state index contributed by atoms with van der Waals surface area (Å²) in [4.78, 5) is 24.5. The maximum absolute atomic E-state index is 12.3. The zero-order valence-electron chi connectivity index (χ0n) is 10.9. The maximum atomic E-state index is 12.3. The van der Waals surface area contributed by atoms with Crippen molar-refractivity contribution in [2.24, 2.45) is 0 Å². The van der Waals surface area contributed by atoms with Crippen molar-refractivity contribution in [1.29, 1.82) is 0 Å². The highest BCUT2D eigenvalue weighted by molar-refractivity contribution is 6.31. The van der Waals surface area contributed by atoms with Gasteiger partial charge in [0.1, 0.15) is 5.58 Å². The Morgan fingerprint density at radius 1 is 1.29 bits per heavy atom. The van der Waals surface area contributed by atoms with Gasteiger partial charge in [0.2, 0.25) is 0 Å². The Morgan fingerprint density at radius 2 is 2.00 bits per heavy atom. The molecule has 0 bridgehead atoms. The topological polar surface area (TPSA) is 85.8 Å². The van der Waals surface area contributed by atoms with Crippen LogP contribution in [0.5, 0.6) is 0 Å². The first-order valence-electron chi connectivity index (χ1n) is 6.31. The van der Waals surface area contributed by atoms with E-state index < -0.39 is 16.0 Å². The molecule has 1 aliphatic rings. The second kappa shape index (κ2) is 5.34. The number of hydrogen-bond acceptors (Lipinski definition) is 6. The molecule has 1 aliphatic heterocycles. The van der Waals surface area contributed by atoms with E-state index in [0.29, 0.717) is 31.3 Å². The Hall–Kier alpha value is -2.12. The molecule has 2 heterocycles. The van der Waals surface area contributed by atoms with E-state index in [0.717, 1.165) is 0 Å². The van der Waals surface area contributed by atoms with Crippen molar-refractivity contribution in [3.8, 4) is 0 Å². The Kier molecular flexibility index (Phi) is 3.52. The third-order valence-corrected chi connectivity index (χ3v) is 3.53. The number of nitro groups is 1. The molecular weight excluding hydrogens is 300 g/mol. The first kappa shape index (κ1) is 13.8. The molecule has 1 aromatic heterocycles. The number of nitrogens with zero attached hydrogens (tertiary/aromatic N) is 2.